The van der Waals surface area contributed by atoms with Gasteiger partial charge in [0.15, 0.2) is 34.7 Å². The van der Waals surface area contributed by atoms with Gasteiger partial charge >= 0.3 is 0 Å². The van der Waals surface area contributed by atoms with Crippen molar-refractivity contribution in [2.24, 2.45) is 0 Å². The zero-order valence-electron chi connectivity index (χ0n) is 40.1. The highest BCUT2D eigenvalue weighted by Gasteiger charge is 2.32. The van der Waals surface area contributed by atoms with Crippen LogP contribution in [0.1, 0.15) is 112 Å². The second-order valence-corrected chi connectivity index (χ2v) is 17.8. The minimum Gasteiger partial charge on any atom is -0.489 e. The zero-order valence-corrected chi connectivity index (χ0v) is 40.1. The largest absolute Gasteiger partial charge is 0.489 e. The third-order valence-electron chi connectivity index (χ3n) is 12.8. The van der Waals surface area contributed by atoms with Crippen LogP contribution in [0.2, 0.25) is 0 Å². The van der Waals surface area contributed by atoms with Crippen LogP contribution in [0, 0.1) is 0 Å². The molecule has 0 amide bonds. The van der Waals surface area contributed by atoms with Crippen LogP contribution in [0.3, 0.4) is 0 Å². The molecule has 0 heterocycles. The van der Waals surface area contributed by atoms with E-state index in [1.54, 1.807) is 182 Å². The summed E-state index contributed by atoms with van der Waals surface area (Å²) in [5, 5.41) is 0. The van der Waals surface area contributed by atoms with Crippen molar-refractivity contribution < 1.29 is 43.0 Å². The van der Waals surface area contributed by atoms with Crippen molar-refractivity contribution in [2.75, 3.05) is 17.2 Å². The number of rotatable bonds is 9. The summed E-state index contributed by atoms with van der Waals surface area (Å²) in [6.07, 6.45) is 0. The molecule has 12 rings (SSSR count). The predicted octanol–water partition coefficient (Wildman–Crippen LogP) is 10.9. The molecule has 366 valence electrons. The highest BCUT2D eigenvalue weighted by molar-refractivity contribution is 6.30. The van der Waals surface area contributed by atoms with Gasteiger partial charge in [-0.1, -0.05) is 91.0 Å². The summed E-state index contributed by atoms with van der Waals surface area (Å²) in [6.45, 7) is 0.918. The summed E-state index contributed by atoms with van der Waals surface area (Å²) in [5.74, 6) is 1.36. The summed E-state index contributed by atoms with van der Waals surface area (Å²) in [4.78, 5) is 75.9. The molecular formula is C63H45N3O9. The molecule has 0 saturated heterocycles. The molecule has 0 aliphatic heterocycles. The Morgan fingerprint density at radius 2 is 0.440 bits per heavy atom. The van der Waals surface area contributed by atoms with Crippen LogP contribution in [0.4, 0.5) is 17.1 Å². The maximum atomic E-state index is 12.7. The maximum Gasteiger partial charge on any atom is 0.194 e. The Hall–Kier alpha value is -10.2. The van der Waals surface area contributed by atoms with Crippen LogP contribution in [0.15, 0.2) is 200 Å². The molecule has 12 heteroatoms. The van der Waals surface area contributed by atoms with E-state index in [1.165, 1.54) is 0 Å². The van der Waals surface area contributed by atoms with Gasteiger partial charge < -0.3 is 31.4 Å². The van der Waals surface area contributed by atoms with Gasteiger partial charge in [-0.2, -0.15) is 0 Å². The van der Waals surface area contributed by atoms with Crippen molar-refractivity contribution >= 4 is 51.8 Å². The number of hydrogen-bond donors (Lipinski definition) is 3. The Labute approximate surface area is 430 Å². The van der Waals surface area contributed by atoms with E-state index < -0.39 is 0 Å². The average molecular weight is 988 g/mol. The van der Waals surface area contributed by atoms with Crippen LogP contribution < -0.4 is 31.4 Å². The van der Waals surface area contributed by atoms with Gasteiger partial charge in [-0.15, -0.1) is 0 Å². The normalized spacial score (nSPS) is 12.5. The van der Waals surface area contributed by atoms with Crippen molar-refractivity contribution in [3.8, 4) is 17.2 Å². The maximum absolute atomic E-state index is 12.7. The number of carbonyl (C=O) groups excluding carboxylic acids is 6. The first-order valence-corrected chi connectivity index (χ1v) is 23.8. The number of anilines is 3. The molecule has 0 spiro atoms. The molecule has 9 aromatic carbocycles. The van der Waals surface area contributed by atoms with Gasteiger partial charge in [-0.25, -0.2) is 0 Å². The van der Waals surface area contributed by atoms with Crippen LogP contribution >= 0.6 is 0 Å². The van der Waals surface area contributed by atoms with Crippen molar-refractivity contribution in [1.82, 2.24) is 0 Å². The first-order chi connectivity index (χ1) is 36.4. The molecule has 9 aromatic rings. The van der Waals surface area contributed by atoms with Crippen molar-refractivity contribution in [3.63, 3.8) is 0 Å². The topological polar surface area (TPSA) is 208 Å². The second kappa shape index (κ2) is 20.9. The fraction of sp³-hybridized carbons (Fsp3) is 0.0476. The highest BCUT2D eigenvalue weighted by atomic mass is 16.5. The predicted molar refractivity (Wildman–Crippen MR) is 285 cm³/mol. The Morgan fingerprint density at radius 1 is 0.240 bits per heavy atom. The number of benzene rings is 9. The van der Waals surface area contributed by atoms with Gasteiger partial charge in [0, 0.05) is 83.8 Å². The van der Waals surface area contributed by atoms with E-state index in [1.807, 2.05) is 18.2 Å². The molecule has 0 radical (unpaired) electrons. The molecule has 75 heavy (non-hydrogen) atoms. The zero-order chi connectivity index (χ0) is 52.2. The Kier molecular flexibility index (Phi) is 13.5. The molecular weight excluding hydrogens is 943 g/mol. The SMILES string of the molecule is Nc1ccc(OCc2ccc3c(c2)C(=O)c2ccccc2C3=O)cc1.Nc1ccc(OCc2ccc3c(c2)C(=O)c2ccccc2C3=O)cc1.Nc1ccc(OCc2ccc3c(c2)C(=O)c2ccccc2C3=O)cc1. The van der Waals surface area contributed by atoms with Crippen LogP contribution in [-0.2, 0) is 19.8 Å². The third-order valence-corrected chi connectivity index (χ3v) is 12.8. The number of carbonyl (C=O) groups is 6. The summed E-state index contributed by atoms with van der Waals surface area (Å²) in [5.41, 5.74) is 26.8. The van der Waals surface area contributed by atoms with E-state index in [-0.39, 0.29) is 34.7 Å². The summed E-state index contributed by atoms with van der Waals surface area (Å²) < 4.78 is 17.2. The first kappa shape index (κ1) is 48.4. The lowest BCUT2D eigenvalue weighted by Gasteiger charge is -2.18. The molecule has 0 aromatic heterocycles. The number of nitrogen functional groups attached to an aromatic ring is 3. The smallest absolute Gasteiger partial charge is 0.194 e. The average Bonchev–Trinajstić information content (AvgIpc) is 3.45. The third kappa shape index (κ3) is 10.2. The quantitative estimate of drug-likeness (QED) is 0.115. The summed E-state index contributed by atoms with van der Waals surface area (Å²) in [7, 11) is 0. The van der Waals surface area contributed by atoms with Gasteiger partial charge in [0.05, 0.1) is 0 Å². The van der Waals surface area contributed by atoms with Crippen molar-refractivity contribution in [3.05, 3.63) is 284 Å². The Morgan fingerprint density at radius 3 is 0.667 bits per heavy atom. The number of fused-ring (bicyclic) bond motifs is 6. The first-order valence-electron chi connectivity index (χ1n) is 23.8. The molecule has 0 atom stereocenters. The number of nitrogens with two attached hydrogens (primary N) is 3. The minimum absolute atomic E-state index is 0.115. The van der Waals surface area contributed by atoms with Gasteiger partial charge in [-0.05, 0) is 126 Å². The van der Waals surface area contributed by atoms with Crippen LogP contribution in [0.5, 0.6) is 17.2 Å². The lowest BCUT2D eigenvalue weighted by atomic mass is 9.83. The second-order valence-electron chi connectivity index (χ2n) is 17.8. The number of ether oxygens (including phenoxy) is 3. The Bertz CT molecular complexity index is 3360. The number of ketones is 6. The highest BCUT2D eigenvalue weighted by Crippen LogP contribution is 2.32. The standard InChI is InChI=1S/3C21H15NO3/c3*22-14-6-8-15(9-7-14)25-12-13-5-10-18-19(11-13)21(24)17-4-2-1-3-16(17)20(18)23/h3*1-11H,12,22H2. The lowest BCUT2D eigenvalue weighted by molar-refractivity contribution is 0.0979. The molecule has 0 bridgehead atoms. The van der Waals surface area contributed by atoms with Crippen molar-refractivity contribution in [2.45, 2.75) is 19.8 Å². The monoisotopic (exact) mass is 987 g/mol. The number of hydrogen-bond acceptors (Lipinski definition) is 12. The van der Waals surface area contributed by atoms with Gasteiger partial charge in [0.2, 0.25) is 0 Å². The molecule has 3 aliphatic carbocycles. The van der Waals surface area contributed by atoms with Crippen LogP contribution in [-0.4, -0.2) is 34.7 Å². The summed E-state index contributed by atoms with van der Waals surface area (Å²) >= 11 is 0. The van der Waals surface area contributed by atoms with Gasteiger partial charge in [-0.3, -0.25) is 28.8 Å². The molecule has 3 aliphatic rings. The molecule has 0 unspecified atom stereocenters. The Balaban J connectivity index is 0.000000128. The van der Waals surface area contributed by atoms with Gasteiger partial charge in [0.1, 0.15) is 37.1 Å². The van der Waals surface area contributed by atoms with Crippen molar-refractivity contribution in [1.29, 1.82) is 0 Å². The fourth-order valence-electron chi connectivity index (χ4n) is 8.90. The molecule has 12 nitrogen and oxygen atoms in total. The van der Waals surface area contributed by atoms with E-state index in [2.05, 4.69) is 0 Å². The molecule has 6 N–H and O–H groups in total. The van der Waals surface area contributed by atoms with Crippen LogP contribution in [0.25, 0.3) is 0 Å². The minimum atomic E-state index is -0.125. The lowest BCUT2D eigenvalue weighted by Crippen LogP contribution is -2.21. The van der Waals surface area contributed by atoms with E-state index in [0.717, 1.165) is 16.7 Å². The summed E-state index contributed by atoms with van der Waals surface area (Å²) in [6, 6.07) is 57.8. The van der Waals surface area contributed by atoms with E-state index in [4.69, 9.17) is 31.4 Å². The molecule has 0 saturated carbocycles. The van der Waals surface area contributed by atoms with E-state index in [0.29, 0.717) is 121 Å². The fourth-order valence-corrected chi connectivity index (χ4v) is 8.90. The van der Waals surface area contributed by atoms with Gasteiger partial charge in [0.25, 0.3) is 0 Å². The van der Waals surface area contributed by atoms with E-state index in [9.17, 15) is 28.8 Å². The molecule has 0 fully saturated rings. The van der Waals surface area contributed by atoms with E-state index >= 15 is 0 Å².